The molecule has 0 amide bonds. The van der Waals surface area contributed by atoms with Crippen LogP contribution in [0.25, 0.3) is 0 Å². The summed E-state index contributed by atoms with van der Waals surface area (Å²) in [4.78, 5) is 11.8. The molecule has 0 saturated carbocycles. The molecule has 0 aliphatic rings. The van der Waals surface area contributed by atoms with Gasteiger partial charge in [-0.05, 0) is 42.5 Å². The van der Waals surface area contributed by atoms with E-state index in [0.717, 1.165) is 4.47 Å². The topological polar surface area (TPSA) is 26.3 Å². The highest BCUT2D eigenvalue weighted by Crippen LogP contribution is 2.23. The van der Waals surface area contributed by atoms with Crippen molar-refractivity contribution in [2.75, 3.05) is 0 Å². The first-order valence-corrected chi connectivity index (χ1v) is 6.54. The highest BCUT2D eigenvalue weighted by molar-refractivity contribution is 9.10. The number of hydrogen-bond donors (Lipinski definition) is 0. The van der Waals surface area contributed by atoms with E-state index in [1.807, 2.05) is 0 Å². The monoisotopic (exact) mass is 344 g/mol. The fourth-order valence-electron chi connectivity index (χ4n) is 1.29. The maximum Gasteiger partial charge on any atom is 0.343 e. The zero-order valence-electron chi connectivity index (χ0n) is 8.99. The second-order valence-corrected chi connectivity index (χ2v) is 5.20. The second kappa shape index (κ2) is 5.74. The van der Waals surface area contributed by atoms with Crippen LogP contribution in [0.15, 0.2) is 46.9 Å². The Morgan fingerprint density at radius 3 is 2.28 bits per heavy atom. The predicted molar refractivity (Wildman–Crippen MR) is 75.6 cm³/mol. The standard InChI is InChI=1S/C13H7BrCl2O2/c14-9-2-4-10(5-3-9)18-13(17)8-1-6-11(15)12(16)7-8/h1-7H. The number of rotatable bonds is 2. The number of esters is 1. The van der Waals surface area contributed by atoms with Gasteiger partial charge in [-0.15, -0.1) is 0 Å². The number of halogens is 3. The SMILES string of the molecule is O=C(Oc1ccc(Br)cc1)c1ccc(Cl)c(Cl)c1. The third-order valence-electron chi connectivity index (χ3n) is 2.18. The number of carbonyl (C=O) groups is 1. The summed E-state index contributed by atoms with van der Waals surface area (Å²) in [6.45, 7) is 0. The molecule has 0 heterocycles. The van der Waals surface area contributed by atoms with Crippen molar-refractivity contribution in [2.45, 2.75) is 0 Å². The predicted octanol–water partition coefficient (Wildman–Crippen LogP) is 4.98. The minimum Gasteiger partial charge on any atom is -0.423 e. The average molecular weight is 346 g/mol. The molecule has 92 valence electrons. The summed E-state index contributed by atoms with van der Waals surface area (Å²) < 4.78 is 6.10. The second-order valence-electron chi connectivity index (χ2n) is 3.47. The van der Waals surface area contributed by atoms with Crippen LogP contribution in [0.3, 0.4) is 0 Å². The minimum atomic E-state index is -0.476. The van der Waals surface area contributed by atoms with Gasteiger partial charge in [0.2, 0.25) is 0 Å². The summed E-state index contributed by atoms with van der Waals surface area (Å²) in [5, 5.41) is 0.721. The van der Waals surface area contributed by atoms with Crippen LogP contribution in [0.5, 0.6) is 5.75 Å². The Kier molecular flexibility index (Phi) is 4.27. The number of benzene rings is 2. The third kappa shape index (κ3) is 3.25. The van der Waals surface area contributed by atoms with Crippen LogP contribution in [-0.4, -0.2) is 5.97 Å². The van der Waals surface area contributed by atoms with Gasteiger partial charge in [0, 0.05) is 4.47 Å². The quantitative estimate of drug-likeness (QED) is 0.567. The molecule has 0 aliphatic heterocycles. The van der Waals surface area contributed by atoms with E-state index in [1.165, 1.54) is 6.07 Å². The molecule has 2 aromatic carbocycles. The van der Waals surface area contributed by atoms with Crippen LogP contribution < -0.4 is 4.74 Å². The average Bonchev–Trinajstić information content (AvgIpc) is 2.35. The van der Waals surface area contributed by atoms with E-state index in [2.05, 4.69) is 15.9 Å². The van der Waals surface area contributed by atoms with Gasteiger partial charge in [-0.3, -0.25) is 0 Å². The first-order chi connectivity index (χ1) is 8.56. The first kappa shape index (κ1) is 13.4. The van der Waals surface area contributed by atoms with Gasteiger partial charge in [0.05, 0.1) is 15.6 Å². The van der Waals surface area contributed by atoms with Crippen LogP contribution in [0, 0.1) is 0 Å². The molecule has 0 aromatic heterocycles. The Hall–Kier alpha value is -1.03. The molecule has 5 heteroatoms. The van der Waals surface area contributed by atoms with E-state index >= 15 is 0 Å². The van der Waals surface area contributed by atoms with E-state index < -0.39 is 5.97 Å². The van der Waals surface area contributed by atoms with Gasteiger partial charge < -0.3 is 4.74 Å². The van der Waals surface area contributed by atoms with Crippen molar-refractivity contribution < 1.29 is 9.53 Å². The maximum absolute atomic E-state index is 11.8. The molecular formula is C13H7BrCl2O2. The molecule has 2 nitrogen and oxygen atoms in total. The lowest BCUT2D eigenvalue weighted by atomic mass is 10.2. The Balaban J connectivity index is 2.16. The lowest BCUT2D eigenvalue weighted by molar-refractivity contribution is 0.0735. The molecule has 2 aromatic rings. The van der Waals surface area contributed by atoms with Gasteiger partial charge in [0.15, 0.2) is 0 Å². The molecule has 0 saturated heterocycles. The van der Waals surface area contributed by atoms with Crippen molar-refractivity contribution in [1.82, 2.24) is 0 Å². The van der Waals surface area contributed by atoms with E-state index in [-0.39, 0.29) is 0 Å². The van der Waals surface area contributed by atoms with E-state index in [1.54, 1.807) is 36.4 Å². The van der Waals surface area contributed by atoms with Crippen LogP contribution >= 0.6 is 39.1 Å². The zero-order valence-corrected chi connectivity index (χ0v) is 12.1. The van der Waals surface area contributed by atoms with Crippen molar-refractivity contribution >= 4 is 45.1 Å². The van der Waals surface area contributed by atoms with Gasteiger partial charge in [0.1, 0.15) is 5.75 Å². The summed E-state index contributed by atoms with van der Waals surface area (Å²) in [5.74, 6) is -0.00911. The van der Waals surface area contributed by atoms with Crippen LogP contribution in [0.2, 0.25) is 10.0 Å². The number of hydrogen-bond acceptors (Lipinski definition) is 2. The summed E-state index contributed by atoms with van der Waals surface area (Å²) in [6.07, 6.45) is 0. The maximum atomic E-state index is 11.8. The Bertz CT molecular complexity index is 582. The van der Waals surface area contributed by atoms with Crippen molar-refractivity contribution in [3.63, 3.8) is 0 Å². The normalized spacial score (nSPS) is 10.2. The van der Waals surface area contributed by atoms with Crippen molar-refractivity contribution in [1.29, 1.82) is 0 Å². The van der Waals surface area contributed by atoms with Crippen molar-refractivity contribution in [3.8, 4) is 5.75 Å². The smallest absolute Gasteiger partial charge is 0.343 e. The summed E-state index contributed by atoms with van der Waals surface area (Å²) in [7, 11) is 0. The third-order valence-corrected chi connectivity index (χ3v) is 3.45. The number of ether oxygens (including phenoxy) is 1. The molecule has 0 atom stereocenters. The molecule has 2 rings (SSSR count). The zero-order chi connectivity index (χ0) is 13.1. The summed E-state index contributed by atoms with van der Waals surface area (Å²) >= 11 is 14.9. The molecule has 0 aliphatic carbocycles. The molecule has 0 unspecified atom stereocenters. The van der Waals surface area contributed by atoms with Gasteiger partial charge >= 0.3 is 5.97 Å². The fourth-order valence-corrected chi connectivity index (χ4v) is 1.85. The highest BCUT2D eigenvalue weighted by atomic mass is 79.9. The lowest BCUT2D eigenvalue weighted by Gasteiger charge is -2.05. The van der Waals surface area contributed by atoms with Gasteiger partial charge in [-0.2, -0.15) is 0 Å². The van der Waals surface area contributed by atoms with Crippen LogP contribution in [0.4, 0.5) is 0 Å². The Morgan fingerprint density at radius 1 is 1.00 bits per heavy atom. The molecule has 0 spiro atoms. The van der Waals surface area contributed by atoms with Crippen LogP contribution in [0.1, 0.15) is 10.4 Å². The van der Waals surface area contributed by atoms with Crippen molar-refractivity contribution in [3.05, 3.63) is 62.5 Å². The Labute approximate surface area is 123 Å². The molecule has 0 fully saturated rings. The molecular weight excluding hydrogens is 339 g/mol. The Morgan fingerprint density at radius 2 is 1.67 bits per heavy atom. The van der Waals surface area contributed by atoms with E-state index in [9.17, 15) is 4.79 Å². The highest BCUT2D eigenvalue weighted by Gasteiger charge is 2.10. The largest absolute Gasteiger partial charge is 0.423 e. The van der Waals surface area contributed by atoms with Crippen molar-refractivity contribution in [2.24, 2.45) is 0 Å². The van der Waals surface area contributed by atoms with E-state index in [4.69, 9.17) is 27.9 Å². The molecule has 0 bridgehead atoms. The minimum absolute atomic E-state index is 0.321. The number of carbonyl (C=O) groups excluding carboxylic acids is 1. The first-order valence-electron chi connectivity index (χ1n) is 4.99. The molecule has 18 heavy (non-hydrogen) atoms. The van der Waals surface area contributed by atoms with Gasteiger partial charge in [0.25, 0.3) is 0 Å². The lowest BCUT2D eigenvalue weighted by Crippen LogP contribution is -2.08. The molecule has 0 N–H and O–H groups in total. The van der Waals surface area contributed by atoms with Gasteiger partial charge in [-0.25, -0.2) is 4.79 Å². The van der Waals surface area contributed by atoms with E-state index in [0.29, 0.717) is 21.4 Å². The van der Waals surface area contributed by atoms with Gasteiger partial charge in [-0.1, -0.05) is 39.1 Å². The van der Waals surface area contributed by atoms with Crippen LogP contribution in [-0.2, 0) is 0 Å². The molecule has 0 radical (unpaired) electrons. The summed E-state index contributed by atoms with van der Waals surface area (Å²) in [5.41, 5.74) is 0.354. The fraction of sp³-hybridized carbons (Fsp3) is 0. The summed E-state index contributed by atoms with van der Waals surface area (Å²) in [6, 6.07) is 11.6.